The zero-order valence-electron chi connectivity index (χ0n) is 17.2. The summed E-state index contributed by atoms with van der Waals surface area (Å²) < 4.78 is 225. The molecule has 0 spiro atoms. The van der Waals surface area contributed by atoms with Crippen LogP contribution in [0.25, 0.3) is 0 Å². The fourth-order valence-corrected chi connectivity index (χ4v) is 2.30. The molecule has 2 atom stereocenters. The number of halogens is 16. The third-order valence-corrected chi connectivity index (χ3v) is 4.72. The SMILES string of the molecule is OCC(COCCC(F)(F)C(F)(F)C(F)(F)C(F)(F)C(F)(F)C(F)(F)C(F)(F)C(F)F)OCC1CO1. The van der Waals surface area contributed by atoms with Crippen molar-refractivity contribution in [3.05, 3.63) is 0 Å². The zero-order valence-corrected chi connectivity index (χ0v) is 17.2. The lowest BCUT2D eigenvalue weighted by Gasteiger charge is -2.42. The van der Waals surface area contributed by atoms with E-state index in [9.17, 15) is 70.2 Å². The van der Waals surface area contributed by atoms with Crippen LogP contribution in [-0.4, -0.2) is 98.2 Å². The summed E-state index contributed by atoms with van der Waals surface area (Å²) in [5.41, 5.74) is 0. The summed E-state index contributed by atoms with van der Waals surface area (Å²) in [6, 6.07) is 0. The quantitative estimate of drug-likeness (QED) is 0.162. The molecular weight excluding hydrogens is 560 g/mol. The van der Waals surface area contributed by atoms with Gasteiger partial charge in [-0.3, -0.25) is 0 Å². The van der Waals surface area contributed by atoms with Crippen molar-refractivity contribution >= 4 is 0 Å². The molecule has 0 aliphatic carbocycles. The Bertz CT molecular complexity index is 725. The average molecular weight is 576 g/mol. The van der Waals surface area contributed by atoms with E-state index in [-0.39, 0.29) is 19.3 Å². The molecule has 2 unspecified atom stereocenters. The largest absolute Gasteiger partial charge is 0.394 e. The second-order valence-electron chi connectivity index (χ2n) is 7.42. The van der Waals surface area contributed by atoms with Gasteiger partial charge >= 0.3 is 47.9 Å². The standard InChI is InChI=1S/C16H16F16O4/c17-9(18)11(21,22)13(25,26)15(29,30)16(31,32)14(27,28)12(23,24)10(19,20)1-2-34-4-7(3-33)35-5-8-6-36-8/h7-9,33H,1-6H2. The van der Waals surface area contributed by atoms with Crippen molar-refractivity contribution in [2.24, 2.45) is 0 Å². The van der Waals surface area contributed by atoms with Gasteiger partial charge in [0, 0.05) is 6.42 Å². The number of alkyl halides is 16. The number of epoxide rings is 1. The van der Waals surface area contributed by atoms with Crippen LogP contribution >= 0.6 is 0 Å². The second kappa shape index (κ2) is 10.5. The van der Waals surface area contributed by atoms with Gasteiger partial charge in [0.25, 0.3) is 0 Å². The second-order valence-corrected chi connectivity index (χ2v) is 7.42. The number of rotatable bonds is 16. The normalized spacial score (nSPS) is 19.7. The predicted octanol–water partition coefficient (Wildman–Crippen LogP) is 4.88. The molecule has 0 aromatic rings. The van der Waals surface area contributed by atoms with Crippen LogP contribution in [0.4, 0.5) is 70.2 Å². The third-order valence-electron chi connectivity index (χ3n) is 4.72. The van der Waals surface area contributed by atoms with Gasteiger partial charge < -0.3 is 19.3 Å². The van der Waals surface area contributed by atoms with Gasteiger partial charge in [-0.25, -0.2) is 8.78 Å². The van der Waals surface area contributed by atoms with Crippen molar-refractivity contribution < 1.29 is 89.6 Å². The molecule has 1 saturated heterocycles. The lowest BCUT2D eigenvalue weighted by molar-refractivity contribution is -0.447. The number of hydrogen-bond donors (Lipinski definition) is 1. The summed E-state index contributed by atoms with van der Waals surface area (Å²) in [6.45, 7) is -3.31. The average Bonchev–Trinajstić information content (AvgIpc) is 3.56. The van der Waals surface area contributed by atoms with Crippen molar-refractivity contribution in [2.75, 3.05) is 33.0 Å². The van der Waals surface area contributed by atoms with E-state index in [1.807, 2.05) is 0 Å². The number of aliphatic hydroxyl groups is 1. The first-order chi connectivity index (χ1) is 16.0. The van der Waals surface area contributed by atoms with Gasteiger partial charge in [0.2, 0.25) is 0 Å². The molecule has 20 heteroatoms. The van der Waals surface area contributed by atoms with Crippen molar-refractivity contribution in [2.45, 2.75) is 66.5 Å². The molecule has 0 radical (unpaired) electrons. The molecule has 1 heterocycles. The zero-order chi connectivity index (χ0) is 28.6. The van der Waals surface area contributed by atoms with Gasteiger partial charge in [-0.05, 0) is 0 Å². The Kier molecular flexibility index (Phi) is 9.52. The van der Waals surface area contributed by atoms with Crippen molar-refractivity contribution in [3.63, 3.8) is 0 Å². The van der Waals surface area contributed by atoms with Crippen LogP contribution in [0.3, 0.4) is 0 Å². The van der Waals surface area contributed by atoms with E-state index in [1.54, 1.807) is 0 Å². The first-order valence-corrected chi connectivity index (χ1v) is 9.30. The fraction of sp³-hybridized carbons (Fsp3) is 1.00. The smallest absolute Gasteiger partial charge is 0.384 e. The minimum absolute atomic E-state index is 0.145. The van der Waals surface area contributed by atoms with E-state index in [1.165, 1.54) is 0 Å². The number of hydrogen-bond acceptors (Lipinski definition) is 4. The topological polar surface area (TPSA) is 51.2 Å². The molecule has 36 heavy (non-hydrogen) atoms. The lowest BCUT2D eigenvalue weighted by Crippen LogP contribution is -2.73. The van der Waals surface area contributed by atoms with Crippen molar-refractivity contribution in [3.8, 4) is 0 Å². The summed E-state index contributed by atoms with van der Waals surface area (Å²) in [7, 11) is 0. The minimum Gasteiger partial charge on any atom is -0.394 e. The van der Waals surface area contributed by atoms with E-state index < -0.39 is 80.2 Å². The van der Waals surface area contributed by atoms with Crippen molar-refractivity contribution in [1.82, 2.24) is 0 Å². The summed E-state index contributed by atoms with van der Waals surface area (Å²) in [6.07, 6.45) is -10.2. The maximum Gasteiger partial charge on any atom is 0.384 e. The minimum atomic E-state index is -8.42. The molecule has 216 valence electrons. The molecule has 1 N–H and O–H groups in total. The van der Waals surface area contributed by atoms with Gasteiger partial charge in [0.15, 0.2) is 0 Å². The molecule has 0 bridgehead atoms. The Hall–Kier alpha value is -1.28. The fourth-order valence-electron chi connectivity index (χ4n) is 2.30. The molecule has 1 rings (SSSR count). The van der Waals surface area contributed by atoms with Gasteiger partial charge in [0.05, 0.1) is 33.0 Å². The van der Waals surface area contributed by atoms with Crippen LogP contribution in [0.2, 0.25) is 0 Å². The Balaban J connectivity index is 3.05. The third kappa shape index (κ3) is 5.59. The highest BCUT2D eigenvalue weighted by atomic mass is 19.4. The van der Waals surface area contributed by atoms with Crippen molar-refractivity contribution in [1.29, 1.82) is 0 Å². The van der Waals surface area contributed by atoms with E-state index in [4.69, 9.17) is 14.6 Å². The predicted molar refractivity (Wildman–Crippen MR) is 82.6 cm³/mol. The van der Waals surface area contributed by atoms with Crippen LogP contribution in [0, 0.1) is 0 Å². The molecule has 4 nitrogen and oxygen atoms in total. The maximum absolute atomic E-state index is 13.7. The Morgan fingerprint density at radius 2 is 1.19 bits per heavy atom. The van der Waals surface area contributed by atoms with Crippen LogP contribution in [-0.2, 0) is 14.2 Å². The molecule has 0 saturated carbocycles. The monoisotopic (exact) mass is 576 g/mol. The van der Waals surface area contributed by atoms with Gasteiger partial charge in [-0.15, -0.1) is 0 Å². The van der Waals surface area contributed by atoms with E-state index in [0.29, 0.717) is 0 Å². The lowest BCUT2D eigenvalue weighted by atomic mass is 9.88. The molecule has 0 amide bonds. The molecule has 1 aliphatic heterocycles. The maximum atomic E-state index is 13.7. The number of aliphatic hydroxyl groups excluding tert-OH is 1. The summed E-state index contributed by atoms with van der Waals surface area (Å²) in [5, 5.41) is 8.95. The molecule has 1 fully saturated rings. The van der Waals surface area contributed by atoms with Crippen LogP contribution in [0.5, 0.6) is 0 Å². The summed E-state index contributed by atoms with van der Waals surface area (Å²) in [4.78, 5) is 0. The van der Waals surface area contributed by atoms with Gasteiger partial charge in [-0.2, -0.15) is 61.5 Å². The van der Waals surface area contributed by atoms with Crippen LogP contribution < -0.4 is 0 Å². The molecule has 0 aromatic heterocycles. The summed E-state index contributed by atoms with van der Waals surface area (Å²) in [5.74, 6) is -54.7. The van der Waals surface area contributed by atoms with Crippen LogP contribution in [0.15, 0.2) is 0 Å². The highest BCUT2D eigenvalue weighted by molar-refractivity contribution is 5.14. The number of ether oxygens (including phenoxy) is 3. The van der Waals surface area contributed by atoms with Gasteiger partial charge in [-0.1, -0.05) is 0 Å². The van der Waals surface area contributed by atoms with E-state index in [2.05, 4.69) is 4.74 Å². The molecular formula is C16H16F16O4. The first-order valence-electron chi connectivity index (χ1n) is 9.30. The molecule has 1 aliphatic rings. The Morgan fingerprint density at radius 1 is 0.750 bits per heavy atom. The highest BCUT2D eigenvalue weighted by Gasteiger charge is 2.93. The Labute approximate surface area is 190 Å². The summed E-state index contributed by atoms with van der Waals surface area (Å²) >= 11 is 0. The van der Waals surface area contributed by atoms with E-state index >= 15 is 0 Å². The molecule has 0 aromatic carbocycles. The van der Waals surface area contributed by atoms with Crippen LogP contribution in [0.1, 0.15) is 6.42 Å². The highest BCUT2D eigenvalue weighted by Crippen LogP contribution is 2.63. The van der Waals surface area contributed by atoms with Gasteiger partial charge in [0.1, 0.15) is 12.2 Å². The Morgan fingerprint density at radius 3 is 1.61 bits per heavy atom. The van der Waals surface area contributed by atoms with E-state index in [0.717, 1.165) is 0 Å². The first kappa shape index (κ1) is 32.7.